The van der Waals surface area contributed by atoms with E-state index in [1.54, 1.807) is 23.8 Å². The van der Waals surface area contributed by atoms with Gasteiger partial charge >= 0.3 is 5.97 Å². The Morgan fingerprint density at radius 2 is 2.08 bits per heavy atom. The molecule has 0 radical (unpaired) electrons. The van der Waals surface area contributed by atoms with E-state index in [4.69, 9.17) is 21.1 Å². The van der Waals surface area contributed by atoms with E-state index in [-0.39, 0.29) is 12.6 Å². The number of halogens is 1. The average Bonchev–Trinajstić information content (AvgIpc) is 2.95. The predicted molar refractivity (Wildman–Crippen MR) is 103 cm³/mol. The molecule has 5 nitrogen and oxygen atoms in total. The lowest BCUT2D eigenvalue weighted by Crippen LogP contribution is -2.22. The molecule has 136 valence electrons. The molecule has 0 N–H and O–H groups in total. The van der Waals surface area contributed by atoms with Crippen LogP contribution in [0.15, 0.2) is 30.5 Å². The number of nitrogens with zero attached hydrogens (tertiary/aromatic N) is 2. The molecular weight excluding hydrogens is 356 g/mol. The molecule has 0 bridgehead atoms. The van der Waals surface area contributed by atoms with Gasteiger partial charge < -0.3 is 14.0 Å². The van der Waals surface area contributed by atoms with Gasteiger partial charge in [0.2, 0.25) is 5.82 Å². The number of carbonyl (C=O) groups is 1. The largest absolute Gasteiger partial charge is 0.460 e. The molecule has 0 aliphatic heterocycles. The van der Waals surface area contributed by atoms with Crippen LogP contribution in [0.25, 0.3) is 11.3 Å². The van der Waals surface area contributed by atoms with Gasteiger partial charge in [-0.2, -0.15) is 0 Å². The molecule has 1 aromatic heterocycles. The Morgan fingerprint density at radius 1 is 1.32 bits per heavy atom. The summed E-state index contributed by atoms with van der Waals surface area (Å²) in [6.45, 7) is 9.91. The number of hydrogen-bond donors (Lipinski definition) is 0. The Kier molecular flexibility index (Phi) is 6.81. The SMILES string of the molecule is CCOC(=O)c1nc(-c2cccc(Cl)c2)cn1COCC[Si](C)(C)C. The summed E-state index contributed by atoms with van der Waals surface area (Å²) < 4.78 is 12.6. The second kappa shape index (κ2) is 8.65. The zero-order valence-electron chi connectivity index (χ0n) is 15.2. The molecular formula is C18H25ClN2O3Si. The fraction of sp³-hybridized carbons (Fsp3) is 0.444. The van der Waals surface area contributed by atoms with Gasteiger partial charge in [0.15, 0.2) is 0 Å². The summed E-state index contributed by atoms with van der Waals surface area (Å²) in [7, 11) is -1.15. The highest BCUT2D eigenvalue weighted by atomic mass is 35.5. The van der Waals surface area contributed by atoms with Crippen LogP contribution in [-0.4, -0.2) is 36.8 Å². The van der Waals surface area contributed by atoms with Crippen LogP contribution in [0.4, 0.5) is 0 Å². The van der Waals surface area contributed by atoms with Gasteiger partial charge in [0.25, 0.3) is 0 Å². The first-order chi connectivity index (χ1) is 11.8. The van der Waals surface area contributed by atoms with Gasteiger partial charge in [0, 0.05) is 31.5 Å². The second-order valence-corrected chi connectivity index (χ2v) is 13.1. The van der Waals surface area contributed by atoms with Crippen molar-refractivity contribution in [3.63, 3.8) is 0 Å². The summed E-state index contributed by atoms with van der Waals surface area (Å²) >= 11 is 6.05. The third-order valence-electron chi connectivity index (χ3n) is 3.58. The Bertz CT molecular complexity index is 725. The third-order valence-corrected chi connectivity index (χ3v) is 5.52. The zero-order chi connectivity index (χ0) is 18.4. The Hall–Kier alpha value is -1.63. The molecule has 2 aromatic rings. The van der Waals surface area contributed by atoms with E-state index in [0.29, 0.717) is 23.9 Å². The molecule has 0 aliphatic carbocycles. The number of ether oxygens (including phenoxy) is 2. The first-order valence-electron chi connectivity index (χ1n) is 8.38. The van der Waals surface area contributed by atoms with Crippen molar-refractivity contribution in [1.82, 2.24) is 9.55 Å². The van der Waals surface area contributed by atoms with Gasteiger partial charge in [-0.25, -0.2) is 9.78 Å². The Morgan fingerprint density at radius 3 is 2.72 bits per heavy atom. The minimum Gasteiger partial charge on any atom is -0.460 e. The fourth-order valence-electron chi connectivity index (χ4n) is 2.20. The van der Waals surface area contributed by atoms with Crippen molar-refractivity contribution in [2.24, 2.45) is 0 Å². The average molecular weight is 381 g/mol. The van der Waals surface area contributed by atoms with E-state index in [1.807, 2.05) is 18.2 Å². The summed E-state index contributed by atoms with van der Waals surface area (Å²) in [6.07, 6.45) is 1.80. The van der Waals surface area contributed by atoms with Gasteiger partial charge in [-0.05, 0) is 25.1 Å². The van der Waals surface area contributed by atoms with E-state index in [1.165, 1.54) is 0 Å². The lowest BCUT2D eigenvalue weighted by Gasteiger charge is -2.15. The van der Waals surface area contributed by atoms with E-state index in [2.05, 4.69) is 24.6 Å². The molecule has 0 unspecified atom stereocenters. The summed E-state index contributed by atoms with van der Waals surface area (Å²) in [5.41, 5.74) is 1.51. The minimum absolute atomic E-state index is 0.241. The molecule has 0 atom stereocenters. The lowest BCUT2D eigenvalue weighted by atomic mass is 10.2. The van der Waals surface area contributed by atoms with Gasteiger partial charge in [0.05, 0.1) is 12.3 Å². The monoisotopic (exact) mass is 380 g/mol. The van der Waals surface area contributed by atoms with Crippen LogP contribution < -0.4 is 0 Å². The molecule has 0 spiro atoms. The number of aromatic nitrogens is 2. The van der Waals surface area contributed by atoms with Crippen molar-refractivity contribution in [1.29, 1.82) is 0 Å². The molecule has 1 aromatic carbocycles. The number of benzene rings is 1. The highest BCUT2D eigenvalue weighted by Crippen LogP contribution is 2.22. The summed E-state index contributed by atoms with van der Waals surface area (Å²) in [4.78, 5) is 16.6. The number of imidazole rings is 1. The molecule has 0 aliphatic rings. The van der Waals surface area contributed by atoms with E-state index in [9.17, 15) is 4.79 Å². The molecule has 1 heterocycles. The predicted octanol–water partition coefficient (Wildman–Crippen LogP) is 4.69. The quantitative estimate of drug-likeness (QED) is 0.378. The van der Waals surface area contributed by atoms with Crippen LogP contribution in [0.1, 0.15) is 17.5 Å². The summed E-state index contributed by atoms with van der Waals surface area (Å²) in [5.74, 6) is -0.214. The number of hydrogen-bond acceptors (Lipinski definition) is 4. The number of esters is 1. The van der Waals surface area contributed by atoms with Gasteiger partial charge in [-0.1, -0.05) is 43.4 Å². The molecule has 0 fully saturated rings. The highest BCUT2D eigenvalue weighted by molar-refractivity contribution is 6.76. The second-order valence-electron chi connectivity index (χ2n) is 7.00. The molecule has 7 heteroatoms. The first kappa shape index (κ1) is 19.7. The highest BCUT2D eigenvalue weighted by Gasteiger charge is 2.18. The molecule has 25 heavy (non-hydrogen) atoms. The lowest BCUT2D eigenvalue weighted by molar-refractivity contribution is 0.0464. The zero-order valence-corrected chi connectivity index (χ0v) is 17.0. The van der Waals surface area contributed by atoms with Gasteiger partial charge in [0.1, 0.15) is 6.73 Å². The van der Waals surface area contributed by atoms with Crippen molar-refractivity contribution >= 4 is 25.6 Å². The van der Waals surface area contributed by atoms with E-state index < -0.39 is 14.0 Å². The number of rotatable bonds is 8. The Balaban J connectivity index is 2.19. The maximum atomic E-state index is 12.2. The van der Waals surface area contributed by atoms with E-state index >= 15 is 0 Å². The van der Waals surface area contributed by atoms with Crippen LogP contribution >= 0.6 is 11.6 Å². The van der Waals surface area contributed by atoms with Crippen LogP contribution in [0.5, 0.6) is 0 Å². The van der Waals surface area contributed by atoms with Crippen molar-refractivity contribution < 1.29 is 14.3 Å². The summed E-state index contributed by atoms with van der Waals surface area (Å²) in [5, 5.41) is 0.621. The minimum atomic E-state index is -1.15. The van der Waals surface area contributed by atoms with Crippen molar-refractivity contribution in [2.75, 3.05) is 13.2 Å². The standard InChI is InChI=1S/C18H25ClN2O3Si/c1-5-24-18(22)17-20-16(14-7-6-8-15(19)11-14)12-21(17)13-23-9-10-25(2,3)4/h6-8,11-12H,5,9-10,13H2,1-4H3. The molecule has 0 saturated heterocycles. The normalized spacial score (nSPS) is 11.6. The van der Waals surface area contributed by atoms with Crippen molar-refractivity contribution in [2.45, 2.75) is 39.3 Å². The fourth-order valence-corrected chi connectivity index (χ4v) is 3.15. The van der Waals surface area contributed by atoms with Crippen LogP contribution in [-0.2, 0) is 16.2 Å². The van der Waals surface area contributed by atoms with Gasteiger partial charge in [-0.15, -0.1) is 0 Å². The third kappa shape index (κ3) is 5.99. The maximum absolute atomic E-state index is 12.2. The maximum Gasteiger partial charge on any atom is 0.374 e. The van der Waals surface area contributed by atoms with Crippen LogP contribution in [0, 0.1) is 0 Å². The van der Waals surface area contributed by atoms with Crippen LogP contribution in [0.2, 0.25) is 30.7 Å². The van der Waals surface area contributed by atoms with Crippen molar-refractivity contribution in [3.05, 3.63) is 41.3 Å². The smallest absolute Gasteiger partial charge is 0.374 e. The first-order valence-corrected chi connectivity index (χ1v) is 12.5. The Labute approximate surface area is 154 Å². The van der Waals surface area contributed by atoms with E-state index in [0.717, 1.165) is 11.6 Å². The molecule has 0 amide bonds. The van der Waals surface area contributed by atoms with Crippen LogP contribution in [0.3, 0.4) is 0 Å². The topological polar surface area (TPSA) is 53.3 Å². The number of carbonyl (C=O) groups excluding carboxylic acids is 1. The van der Waals surface area contributed by atoms with Crippen molar-refractivity contribution in [3.8, 4) is 11.3 Å². The molecule has 2 rings (SSSR count). The van der Waals surface area contributed by atoms with Gasteiger partial charge in [-0.3, -0.25) is 0 Å². The molecule has 0 saturated carbocycles. The summed E-state index contributed by atoms with van der Waals surface area (Å²) in [6, 6.07) is 8.44.